The second kappa shape index (κ2) is 7.72. The topological polar surface area (TPSA) is 94.5 Å². The van der Waals surface area contributed by atoms with Crippen LogP contribution in [0.3, 0.4) is 0 Å². The second-order valence-corrected chi connectivity index (χ2v) is 6.36. The number of benzene rings is 1. The molecule has 0 saturated carbocycles. The molecule has 0 atom stereocenters. The quantitative estimate of drug-likeness (QED) is 0.446. The van der Waals surface area contributed by atoms with Crippen LogP contribution in [0.1, 0.15) is 22.4 Å². The summed E-state index contributed by atoms with van der Waals surface area (Å²) in [7, 11) is 0. The Morgan fingerprint density at radius 3 is 2.70 bits per heavy atom. The van der Waals surface area contributed by atoms with Gasteiger partial charge in [0.25, 0.3) is 5.91 Å². The summed E-state index contributed by atoms with van der Waals surface area (Å²) in [4.78, 5) is 15.3. The summed E-state index contributed by atoms with van der Waals surface area (Å²) in [5.41, 5.74) is -3.45. The van der Waals surface area contributed by atoms with Crippen LogP contribution in [0.4, 0.5) is 27.6 Å². The maximum absolute atomic E-state index is 14.4. The van der Waals surface area contributed by atoms with E-state index in [1.165, 1.54) is 6.07 Å². The number of aromatic nitrogens is 3. The van der Waals surface area contributed by atoms with E-state index in [4.69, 9.17) is 16.9 Å². The summed E-state index contributed by atoms with van der Waals surface area (Å²) in [6.45, 7) is 1.14. The third-order valence-corrected chi connectivity index (χ3v) is 4.40. The van der Waals surface area contributed by atoms with Crippen LogP contribution in [-0.4, -0.2) is 21.1 Å². The second-order valence-electron chi connectivity index (χ2n) is 5.98. The number of anilines is 1. The van der Waals surface area contributed by atoms with Crippen molar-refractivity contribution in [3.05, 3.63) is 57.5 Å². The van der Waals surface area contributed by atoms with Gasteiger partial charge in [-0.15, -0.1) is 0 Å². The van der Waals surface area contributed by atoms with E-state index in [1.54, 1.807) is 11.4 Å². The van der Waals surface area contributed by atoms with Gasteiger partial charge in [-0.25, -0.2) is 13.8 Å². The molecule has 30 heavy (non-hydrogen) atoms. The van der Waals surface area contributed by atoms with Gasteiger partial charge in [0.2, 0.25) is 0 Å². The number of amides is 1. The number of carbonyl (C=O) groups excluding carboxylic acids is 1. The van der Waals surface area contributed by atoms with E-state index in [0.717, 1.165) is 13.0 Å². The van der Waals surface area contributed by atoms with Crippen molar-refractivity contribution in [1.29, 1.82) is 5.26 Å². The van der Waals surface area contributed by atoms with Crippen molar-refractivity contribution in [3.63, 3.8) is 0 Å². The van der Waals surface area contributed by atoms with Crippen LogP contribution in [0.2, 0.25) is 5.15 Å². The lowest BCUT2D eigenvalue weighted by Gasteiger charge is -2.15. The predicted octanol–water partition coefficient (Wildman–Crippen LogP) is 4.90. The van der Waals surface area contributed by atoms with Gasteiger partial charge in [-0.3, -0.25) is 9.89 Å². The predicted molar refractivity (Wildman–Crippen MR) is 97.5 cm³/mol. The van der Waals surface area contributed by atoms with E-state index in [9.17, 15) is 26.7 Å². The monoisotopic (exact) mass is 441 g/mol. The highest BCUT2D eigenvalue weighted by atomic mass is 35.5. The van der Waals surface area contributed by atoms with Crippen molar-refractivity contribution in [2.75, 3.05) is 5.32 Å². The Hall–Kier alpha value is -3.52. The van der Waals surface area contributed by atoms with E-state index in [2.05, 4.69) is 15.2 Å². The van der Waals surface area contributed by atoms with Crippen LogP contribution < -0.4 is 5.32 Å². The Morgan fingerprint density at radius 1 is 1.37 bits per heavy atom. The summed E-state index contributed by atoms with van der Waals surface area (Å²) in [5.74, 6) is -4.15. The number of fused-ring (bicyclic) bond motifs is 1. The minimum Gasteiger partial charge on any atom is -0.318 e. The van der Waals surface area contributed by atoms with Gasteiger partial charge < -0.3 is 5.32 Å². The van der Waals surface area contributed by atoms with Crippen LogP contribution in [-0.2, 0) is 11.0 Å². The van der Waals surface area contributed by atoms with Crippen LogP contribution in [0.25, 0.3) is 17.0 Å². The molecule has 1 amide bonds. The van der Waals surface area contributed by atoms with Crippen molar-refractivity contribution in [2.45, 2.75) is 13.1 Å². The molecular weight excluding hydrogens is 433 g/mol. The average Bonchev–Trinajstić information content (AvgIpc) is 3.06. The summed E-state index contributed by atoms with van der Waals surface area (Å²) in [6.07, 6.45) is -3.78. The van der Waals surface area contributed by atoms with Gasteiger partial charge in [0.1, 0.15) is 16.7 Å². The lowest BCUT2D eigenvalue weighted by molar-refractivity contribution is -0.140. The van der Waals surface area contributed by atoms with E-state index in [0.29, 0.717) is 12.3 Å². The Balaban J connectivity index is 1.99. The number of carbonyl (C=O) groups is 1. The highest BCUT2D eigenvalue weighted by Crippen LogP contribution is 2.36. The standard InChI is InChI=1S/C18H9ClF5N5O/c1-7-9(5-25)6-26-15(18(22,23)24)13(7)27-17(30)11(20)4-8-2-3-10-14(12(8)21)28-29-16(10)19/h2-4,6H,1H3,(H,27,30)(H,28,29)/b11-4-. The molecule has 2 heterocycles. The smallest absolute Gasteiger partial charge is 0.318 e. The molecule has 154 valence electrons. The third kappa shape index (κ3) is 3.81. The molecule has 12 heteroatoms. The van der Waals surface area contributed by atoms with Crippen LogP contribution in [0, 0.1) is 24.1 Å². The van der Waals surface area contributed by atoms with Crippen molar-refractivity contribution >= 4 is 40.2 Å². The first kappa shape index (κ1) is 21.2. The fraction of sp³-hybridized carbons (Fsp3) is 0.111. The summed E-state index contributed by atoms with van der Waals surface area (Å²) < 4.78 is 68.4. The molecule has 2 aromatic heterocycles. The molecule has 1 aromatic carbocycles. The van der Waals surface area contributed by atoms with E-state index < -0.39 is 35.1 Å². The molecule has 0 spiro atoms. The lowest BCUT2D eigenvalue weighted by atomic mass is 10.1. The van der Waals surface area contributed by atoms with E-state index in [1.807, 2.05) is 0 Å². The molecule has 3 aromatic rings. The van der Waals surface area contributed by atoms with Gasteiger partial charge in [-0.05, 0) is 24.6 Å². The molecule has 0 saturated heterocycles. The van der Waals surface area contributed by atoms with Gasteiger partial charge in [0.05, 0.1) is 11.3 Å². The molecule has 0 unspecified atom stereocenters. The molecule has 0 aliphatic carbocycles. The normalized spacial score (nSPS) is 12.1. The highest BCUT2D eigenvalue weighted by Gasteiger charge is 2.37. The summed E-state index contributed by atoms with van der Waals surface area (Å²) in [5, 5.41) is 17.0. The zero-order valence-electron chi connectivity index (χ0n) is 14.8. The zero-order valence-corrected chi connectivity index (χ0v) is 15.6. The fourth-order valence-corrected chi connectivity index (χ4v) is 2.80. The number of hydrogen-bond acceptors (Lipinski definition) is 4. The minimum atomic E-state index is -4.97. The number of nitrogens with zero attached hydrogens (tertiary/aromatic N) is 3. The number of alkyl halides is 3. The number of halogens is 6. The van der Waals surface area contributed by atoms with Crippen molar-refractivity contribution in [2.24, 2.45) is 0 Å². The first-order valence-electron chi connectivity index (χ1n) is 8.02. The lowest BCUT2D eigenvalue weighted by Crippen LogP contribution is -2.20. The molecule has 0 radical (unpaired) electrons. The number of nitrogens with one attached hydrogen (secondary N) is 2. The van der Waals surface area contributed by atoms with Crippen molar-refractivity contribution < 1.29 is 26.7 Å². The number of H-pyrrole nitrogens is 1. The third-order valence-electron chi connectivity index (χ3n) is 4.11. The van der Waals surface area contributed by atoms with Crippen molar-refractivity contribution in [3.8, 4) is 6.07 Å². The Bertz CT molecular complexity index is 1240. The number of rotatable bonds is 3. The van der Waals surface area contributed by atoms with E-state index >= 15 is 0 Å². The fourth-order valence-electron chi connectivity index (χ4n) is 2.60. The first-order chi connectivity index (χ1) is 14.0. The largest absolute Gasteiger partial charge is 0.435 e. The Morgan fingerprint density at radius 2 is 2.07 bits per heavy atom. The molecule has 2 N–H and O–H groups in total. The molecule has 0 fully saturated rings. The number of hydrogen-bond donors (Lipinski definition) is 2. The molecular formula is C18H9ClF5N5O. The summed E-state index contributed by atoms with van der Waals surface area (Å²) in [6, 6.07) is 4.07. The maximum Gasteiger partial charge on any atom is 0.435 e. The van der Waals surface area contributed by atoms with Crippen LogP contribution in [0.5, 0.6) is 0 Å². The van der Waals surface area contributed by atoms with Gasteiger partial charge in [-0.1, -0.05) is 17.7 Å². The number of pyridine rings is 1. The minimum absolute atomic E-state index is 0.0534. The molecule has 0 aliphatic heterocycles. The number of aromatic amines is 1. The van der Waals surface area contributed by atoms with Gasteiger partial charge in [0, 0.05) is 17.1 Å². The summed E-state index contributed by atoms with van der Waals surface area (Å²) >= 11 is 5.78. The average molecular weight is 442 g/mol. The Labute approximate surface area is 170 Å². The molecule has 0 bridgehead atoms. The molecule has 0 aliphatic rings. The van der Waals surface area contributed by atoms with Gasteiger partial charge in [-0.2, -0.15) is 23.5 Å². The van der Waals surface area contributed by atoms with Gasteiger partial charge in [0.15, 0.2) is 17.3 Å². The Kier molecular flexibility index (Phi) is 5.45. The van der Waals surface area contributed by atoms with E-state index in [-0.39, 0.29) is 32.7 Å². The SMILES string of the molecule is Cc1c(C#N)cnc(C(F)(F)F)c1NC(=O)/C(F)=C/c1ccc2c(Cl)[nH]nc2c1F. The highest BCUT2D eigenvalue weighted by molar-refractivity contribution is 6.34. The molecule has 6 nitrogen and oxygen atoms in total. The maximum atomic E-state index is 14.4. The zero-order chi connectivity index (χ0) is 22.2. The van der Waals surface area contributed by atoms with Crippen molar-refractivity contribution in [1.82, 2.24) is 15.2 Å². The number of nitriles is 1. The van der Waals surface area contributed by atoms with Gasteiger partial charge >= 0.3 is 6.18 Å². The van der Waals surface area contributed by atoms with Crippen LogP contribution in [0.15, 0.2) is 24.2 Å². The first-order valence-corrected chi connectivity index (χ1v) is 8.40. The molecule has 3 rings (SSSR count). The van der Waals surface area contributed by atoms with Crippen LogP contribution >= 0.6 is 11.6 Å².